The maximum absolute atomic E-state index is 14.3. The number of aliphatic hydroxyl groups excluding tert-OH is 1. The van der Waals surface area contributed by atoms with Crippen molar-refractivity contribution >= 4 is 5.82 Å². The molecule has 17 heavy (non-hydrogen) atoms. The first-order chi connectivity index (χ1) is 7.84. The molecule has 2 rings (SSSR count). The number of nitrogen functional groups attached to an aromatic ring is 1. The molecule has 3 N–H and O–H groups in total. The Balaban J connectivity index is 2.45. The van der Waals surface area contributed by atoms with Gasteiger partial charge in [0.05, 0.1) is 6.10 Å². The van der Waals surface area contributed by atoms with E-state index >= 15 is 0 Å². The summed E-state index contributed by atoms with van der Waals surface area (Å²) in [6, 6.07) is 1.35. The highest BCUT2D eigenvalue weighted by atomic mass is 19.1. The minimum absolute atomic E-state index is 0.0385. The van der Waals surface area contributed by atoms with Crippen molar-refractivity contribution in [3.63, 3.8) is 0 Å². The summed E-state index contributed by atoms with van der Waals surface area (Å²) in [6.45, 7) is 4.61. The van der Waals surface area contributed by atoms with Gasteiger partial charge in [0.1, 0.15) is 11.9 Å². The van der Waals surface area contributed by atoms with Crippen molar-refractivity contribution in [2.75, 3.05) is 5.73 Å². The van der Waals surface area contributed by atoms with Crippen LogP contribution in [0.5, 0.6) is 0 Å². The highest BCUT2D eigenvalue weighted by molar-refractivity contribution is 5.23. The predicted molar refractivity (Wildman–Crippen MR) is 57.7 cm³/mol. The molecule has 0 aliphatic carbocycles. The zero-order valence-corrected chi connectivity index (χ0v) is 9.21. The number of hydrogen-bond acceptors (Lipinski definition) is 5. The van der Waals surface area contributed by atoms with Crippen LogP contribution in [0, 0.1) is 6.92 Å². The van der Waals surface area contributed by atoms with Crippen LogP contribution in [0.1, 0.15) is 13.2 Å². The van der Waals surface area contributed by atoms with Crippen molar-refractivity contribution in [1.82, 2.24) is 9.55 Å². The fourth-order valence-electron chi connectivity index (χ4n) is 1.82. The smallest absolute Gasteiger partial charge is 0.351 e. The molecule has 1 aliphatic heterocycles. The molecule has 0 aromatic carbocycles. The summed E-state index contributed by atoms with van der Waals surface area (Å²) in [5, 5.41) is 9.58. The van der Waals surface area contributed by atoms with Gasteiger partial charge in [-0.25, -0.2) is 9.18 Å². The Morgan fingerprint density at radius 3 is 2.88 bits per heavy atom. The van der Waals surface area contributed by atoms with Crippen LogP contribution in [0.15, 0.2) is 17.1 Å². The second kappa shape index (κ2) is 3.78. The molecule has 1 saturated heterocycles. The molecule has 6 nitrogen and oxygen atoms in total. The van der Waals surface area contributed by atoms with Gasteiger partial charge in [-0.15, -0.1) is 0 Å². The first-order valence-corrected chi connectivity index (χ1v) is 5.04. The van der Waals surface area contributed by atoms with Gasteiger partial charge in [0.2, 0.25) is 0 Å². The second-order valence-electron chi connectivity index (χ2n) is 4.17. The lowest BCUT2D eigenvalue weighted by Gasteiger charge is -2.24. The van der Waals surface area contributed by atoms with E-state index < -0.39 is 29.8 Å². The largest absolute Gasteiger partial charge is 0.387 e. The number of ether oxygens (including phenoxy) is 1. The molecule has 1 aliphatic rings. The molecule has 0 saturated carbocycles. The summed E-state index contributed by atoms with van der Waals surface area (Å²) in [7, 11) is 0. The normalized spacial score (nSPS) is 37.3. The summed E-state index contributed by atoms with van der Waals surface area (Å²) in [5.41, 5.74) is 2.47. The van der Waals surface area contributed by atoms with E-state index in [1.807, 2.05) is 0 Å². The molecule has 1 radical (unpaired) electrons. The maximum atomic E-state index is 14.3. The predicted octanol–water partition coefficient (Wildman–Crippen LogP) is -0.354. The van der Waals surface area contributed by atoms with E-state index in [9.17, 15) is 14.3 Å². The molecule has 0 spiro atoms. The molecular formula is C10H13FN3O3. The van der Waals surface area contributed by atoms with E-state index in [-0.39, 0.29) is 5.82 Å². The molecule has 1 fully saturated rings. The number of nitrogens with zero attached hydrogens (tertiary/aromatic N) is 2. The lowest BCUT2D eigenvalue weighted by Crippen LogP contribution is -2.42. The van der Waals surface area contributed by atoms with Crippen molar-refractivity contribution in [2.45, 2.75) is 31.0 Å². The fraction of sp³-hybridized carbons (Fsp3) is 0.500. The number of aliphatic hydroxyl groups is 1. The number of hydrogen-bond donors (Lipinski definition) is 2. The Labute approximate surface area is 96.8 Å². The zero-order valence-electron chi connectivity index (χ0n) is 9.21. The number of aromatic nitrogens is 2. The monoisotopic (exact) mass is 242 g/mol. The van der Waals surface area contributed by atoms with Crippen molar-refractivity contribution < 1.29 is 14.2 Å². The fourth-order valence-corrected chi connectivity index (χ4v) is 1.82. The van der Waals surface area contributed by atoms with Crippen molar-refractivity contribution in [3.05, 3.63) is 29.7 Å². The highest BCUT2D eigenvalue weighted by Gasteiger charge is 2.53. The molecule has 93 valence electrons. The third-order valence-electron chi connectivity index (χ3n) is 2.82. The van der Waals surface area contributed by atoms with E-state index in [0.717, 1.165) is 11.5 Å². The molecule has 1 aromatic heterocycles. The number of halogens is 1. The van der Waals surface area contributed by atoms with Crippen LogP contribution in [0.4, 0.5) is 10.2 Å². The van der Waals surface area contributed by atoms with Gasteiger partial charge in [-0.05, 0) is 19.9 Å². The van der Waals surface area contributed by atoms with Gasteiger partial charge in [-0.2, -0.15) is 4.98 Å². The second-order valence-corrected chi connectivity index (χ2v) is 4.17. The molecule has 0 bridgehead atoms. The summed E-state index contributed by atoms with van der Waals surface area (Å²) >= 11 is 0. The Bertz CT molecular complexity index is 488. The van der Waals surface area contributed by atoms with Gasteiger partial charge in [-0.3, -0.25) is 4.57 Å². The molecule has 7 heteroatoms. The number of anilines is 1. The van der Waals surface area contributed by atoms with Crippen LogP contribution in [0.25, 0.3) is 0 Å². The van der Waals surface area contributed by atoms with E-state index in [0.29, 0.717) is 0 Å². The summed E-state index contributed by atoms with van der Waals surface area (Å²) in [4.78, 5) is 15.0. The first-order valence-electron chi connectivity index (χ1n) is 5.04. The van der Waals surface area contributed by atoms with Crippen LogP contribution in [-0.2, 0) is 4.74 Å². The van der Waals surface area contributed by atoms with E-state index in [1.165, 1.54) is 12.3 Å². The van der Waals surface area contributed by atoms with E-state index in [1.54, 1.807) is 0 Å². The summed E-state index contributed by atoms with van der Waals surface area (Å²) in [5.74, 6) is 0.0385. The van der Waals surface area contributed by atoms with E-state index in [2.05, 4.69) is 11.9 Å². The average molecular weight is 242 g/mol. The average Bonchev–Trinajstić information content (AvgIpc) is 2.43. The van der Waals surface area contributed by atoms with Crippen LogP contribution in [0.3, 0.4) is 0 Å². The van der Waals surface area contributed by atoms with Crippen LogP contribution in [0.2, 0.25) is 0 Å². The lowest BCUT2D eigenvalue weighted by molar-refractivity contribution is -0.0443. The van der Waals surface area contributed by atoms with Gasteiger partial charge in [0.15, 0.2) is 11.9 Å². The Kier molecular flexibility index (Phi) is 2.67. The van der Waals surface area contributed by atoms with E-state index in [4.69, 9.17) is 10.5 Å². The van der Waals surface area contributed by atoms with Crippen molar-refractivity contribution in [2.24, 2.45) is 0 Å². The third kappa shape index (κ3) is 1.81. The van der Waals surface area contributed by atoms with Gasteiger partial charge in [0, 0.05) is 6.20 Å². The lowest BCUT2D eigenvalue weighted by atomic mass is 9.99. The van der Waals surface area contributed by atoms with Crippen molar-refractivity contribution in [3.8, 4) is 0 Å². The highest BCUT2D eigenvalue weighted by Crippen LogP contribution is 2.40. The topological polar surface area (TPSA) is 90.4 Å². The minimum Gasteiger partial charge on any atom is -0.387 e. The number of rotatable bonds is 1. The molecule has 4 atom stereocenters. The minimum atomic E-state index is -2.12. The maximum Gasteiger partial charge on any atom is 0.351 e. The van der Waals surface area contributed by atoms with Gasteiger partial charge in [0.25, 0.3) is 0 Å². The summed E-state index contributed by atoms with van der Waals surface area (Å²) in [6.07, 6.45) is -2.34. The van der Waals surface area contributed by atoms with Gasteiger partial charge in [-0.1, -0.05) is 0 Å². The first kappa shape index (κ1) is 12.0. The Morgan fingerprint density at radius 2 is 2.41 bits per heavy atom. The SMILES string of the molecule is [CH2][C@H]1O[C@@H](n2ccc(N)nc2=O)[C@](C)(F)[C@@H]1O. The standard InChI is InChI=1S/C10H13FN3O3/c1-5-7(15)10(2,11)8(17-5)14-4-3-6(12)13-9(14)16/h3-5,7-8,15H,1H2,2H3,(H2,12,13,16)/t5-,7-,8-,10-/m1/s1. The Hall–Kier alpha value is -1.47. The molecule has 2 heterocycles. The van der Waals surface area contributed by atoms with Crippen LogP contribution >= 0.6 is 0 Å². The number of alkyl halides is 1. The molecule has 1 aromatic rings. The number of nitrogens with two attached hydrogens (primary N) is 1. The quantitative estimate of drug-likeness (QED) is 0.702. The zero-order chi connectivity index (χ0) is 12.8. The van der Waals surface area contributed by atoms with Crippen LogP contribution < -0.4 is 11.4 Å². The van der Waals surface area contributed by atoms with Gasteiger partial charge < -0.3 is 15.6 Å². The van der Waals surface area contributed by atoms with Gasteiger partial charge >= 0.3 is 5.69 Å². The summed E-state index contributed by atoms with van der Waals surface area (Å²) < 4.78 is 20.3. The Morgan fingerprint density at radius 1 is 1.76 bits per heavy atom. The molecule has 0 unspecified atom stereocenters. The van der Waals surface area contributed by atoms with Crippen LogP contribution in [-0.4, -0.2) is 32.5 Å². The third-order valence-corrected chi connectivity index (χ3v) is 2.82. The molecule has 0 amide bonds. The molecular weight excluding hydrogens is 229 g/mol. The van der Waals surface area contributed by atoms with Crippen molar-refractivity contribution in [1.29, 1.82) is 0 Å².